The van der Waals surface area contributed by atoms with Crippen molar-refractivity contribution in [1.82, 2.24) is 15.0 Å². The molecule has 1 atom stereocenters. The van der Waals surface area contributed by atoms with Gasteiger partial charge in [-0.2, -0.15) is 4.98 Å². The van der Waals surface area contributed by atoms with Crippen LogP contribution in [0.5, 0.6) is 0 Å². The lowest BCUT2D eigenvalue weighted by Crippen LogP contribution is -2.25. The van der Waals surface area contributed by atoms with Crippen molar-refractivity contribution >= 4 is 0 Å². The molecule has 1 heterocycles. The largest absolute Gasteiger partial charge is 0.339 e. The van der Waals surface area contributed by atoms with Crippen molar-refractivity contribution in [3.8, 4) is 0 Å². The second-order valence-corrected chi connectivity index (χ2v) is 4.86. The first-order valence-corrected chi connectivity index (χ1v) is 5.87. The summed E-state index contributed by atoms with van der Waals surface area (Å²) in [6.07, 6.45) is 4.06. The molecule has 2 N–H and O–H groups in total. The van der Waals surface area contributed by atoms with Gasteiger partial charge < -0.3 is 15.2 Å². The lowest BCUT2D eigenvalue weighted by atomic mass is 10.1. The van der Waals surface area contributed by atoms with Gasteiger partial charge in [-0.15, -0.1) is 0 Å². The number of rotatable bonds is 6. The summed E-state index contributed by atoms with van der Waals surface area (Å²) in [7, 11) is 4.06. The highest BCUT2D eigenvalue weighted by Gasteiger charge is 2.29. The first kappa shape index (κ1) is 11.5. The molecule has 0 amide bonds. The smallest absolute Gasteiger partial charge is 0.228 e. The molecule has 0 aromatic carbocycles. The van der Waals surface area contributed by atoms with Crippen molar-refractivity contribution < 1.29 is 4.52 Å². The molecule has 2 rings (SSSR count). The highest BCUT2D eigenvalue weighted by Crippen LogP contribution is 2.32. The third kappa shape index (κ3) is 3.28. The molecule has 5 heteroatoms. The van der Waals surface area contributed by atoms with E-state index >= 15 is 0 Å². The van der Waals surface area contributed by atoms with Crippen LogP contribution in [-0.2, 0) is 12.8 Å². The van der Waals surface area contributed by atoms with Crippen molar-refractivity contribution in [2.24, 2.45) is 11.7 Å². The average Bonchev–Trinajstić information content (AvgIpc) is 2.98. The van der Waals surface area contributed by atoms with Gasteiger partial charge in [0.05, 0.1) is 0 Å². The van der Waals surface area contributed by atoms with Gasteiger partial charge in [-0.3, -0.25) is 0 Å². The van der Waals surface area contributed by atoms with Crippen LogP contribution in [0.3, 0.4) is 0 Å². The van der Waals surface area contributed by atoms with E-state index in [4.69, 9.17) is 10.3 Å². The summed E-state index contributed by atoms with van der Waals surface area (Å²) < 4.78 is 5.19. The summed E-state index contributed by atoms with van der Waals surface area (Å²) in [6.45, 7) is 0.938. The van der Waals surface area contributed by atoms with Crippen molar-refractivity contribution in [2.75, 3.05) is 20.6 Å². The summed E-state index contributed by atoms with van der Waals surface area (Å²) in [6, 6.07) is 0.196. The van der Waals surface area contributed by atoms with E-state index in [0.29, 0.717) is 11.8 Å². The molecule has 1 aromatic rings. The molecule has 0 radical (unpaired) electrons. The minimum Gasteiger partial charge on any atom is -0.339 e. The fraction of sp³-hybridized carbons (Fsp3) is 0.818. The SMILES string of the molecule is CN(C)CCc1noc(CC(N)C2CC2)n1. The predicted molar refractivity (Wildman–Crippen MR) is 61.0 cm³/mol. The maximum atomic E-state index is 6.01. The molecule has 1 aromatic heterocycles. The van der Waals surface area contributed by atoms with Crippen molar-refractivity contribution in [1.29, 1.82) is 0 Å². The molecule has 1 aliphatic rings. The van der Waals surface area contributed by atoms with Gasteiger partial charge in [0.15, 0.2) is 5.82 Å². The summed E-state index contributed by atoms with van der Waals surface area (Å²) in [5.41, 5.74) is 6.01. The first-order chi connectivity index (χ1) is 7.65. The van der Waals surface area contributed by atoms with Crippen LogP contribution in [0.15, 0.2) is 4.52 Å². The molecule has 0 saturated heterocycles. The third-order valence-electron chi connectivity index (χ3n) is 2.93. The molecule has 1 aliphatic carbocycles. The summed E-state index contributed by atoms with van der Waals surface area (Å²) in [5.74, 6) is 2.15. The van der Waals surface area contributed by atoms with Gasteiger partial charge in [0.1, 0.15) is 0 Å². The molecule has 0 spiro atoms. The van der Waals surface area contributed by atoms with Crippen LogP contribution in [0.2, 0.25) is 0 Å². The Hall–Kier alpha value is -0.940. The molecule has 0 aliphatic heterocycles. The summed E-state index contributed by atoms with van der Waals surface area (Å²) in [4.78, 5) is 6.45. The number of nitrogens with two attached hydrogens (primary N) is 1. The van der Waals surface area contributed by atoms with Gasteiger partial charge in [0, 0.05) is 25.4 Å². The zero-order valence-corrected chi connectivity index (χ0v) is 10.0. The fourth-order valence-corrected chi connectivity index (χ4v) is 1.69. The Labute approximate surface area is 96.0 Å². The van der Waals surface area contributed by atoms with Crippen LogP contribution in [0.25, 0.3) is 0 Å². The number of aromatic nitrogens is 2. The average molecular weight is 224 g/mol. The predicted octanol–water partition coefficient (Wildman–Crippen LogP) is 0.453. The topological polar surface area (TPSA) is 68.2 Å². The molecule has 1 fully saturated rings. The van der Waals surface area contributed by atoms with Crippen molar-refractivity contribution in [2.45, 2.75) is 31.7 Å². The zero-order valence-electron chi connectivity index (χ0n) is 10.0. The van der Waals surface area contributed by atoms with Crippen LogP contribution >= 0.6 is 0 Å². The van der Waals surface area contributed by atoms with Crippen LogP contribution in [0.4, 0.5) is 0 Å². The minimum atomic E-state index is 0.196. The zero-order chi connectivity index (χ0) is 11.5. The number of likely N-dealkylation sites (N-methyl/N-ethyl adjacent to an activating group) is 1. The lowest BCUT2D eigenvalue weighted by molar-refractivity contribution is 0.354. The molecule has 90 valence electrons. The molecular formula is C11H20N4O. The van der Waals surface area contributed by atoms with Gasteiger partial charge in [-0.05, 0) is 32.9 Å². The highest BCUT2D eigenvalue weighted by atomic mass is 16.5. The molecule has 5 nitrogen and oxygen atoms in total. The molecule has 1 unspecified atom stereocenters. The van der Waals surface area contributed by atoms with Crippen molar-refractivity contribution in [3.05, 3.63) is 11.7 Å². The van der Waals surface area contributed by atoms with E-state index in [-0.39, 0.29) is 6.04 Å². The standard InChI is InChI=1S/C11H20N4O/c1-15(2)6-5-10-13-11(16-14-10)7-9(12)8-3-4-8/h8-9H,3-7,12H2,1-2H3. The summed E-state index contributed by atoms with van der Waals surface area (Å²) in [5, 5.41) is 3.95. The van der Waals surface area contributed by atoms with E-state index in [1.54, 1.807) is 0 Å². The van der Waals surface area contributed by atoms with Crippen LogP contribution in [0.1, 0.15) is 24.6 Å². The highest BCUT2D eigenvalue weighted by molar-refractivity contribution is 4.94. The molecule has 0 bridgehead atoms. The van der Waals surface area contributed by atoms with Crippen LogP contribution in [0, 0.1) is 5.92 Å². The number of hydrogen-bond donors (Lipinski definition) is 1. The lowest BCUT2D eigenvalue weighted by Gasteiger charge is -2.06. The second kappa shape index (κ2) is 4.93. The van der Waals surface area contributed by atoms with Gasteiger partial charge in [-0.25, -0.2) is 0 Å². The quantitative estimate of drug-likeness (QED) is 0.760. The fourth-order valence-electron chi connectivity index (χ4n) is 1.69. The van der Waals surface area contributed by atoms with Crippen molar-refractivity contribution in [3.63, 3.8) is 0 Å². The first-order valence-electron chi connectivity index (χ1n) is 5.87. The Bertz CT molecular complexity index is 332. The Kier molecular flexibility index (Phi) is 3.56. The maximum absolute atomic E-state index is 6.01. The van der Waals surface area contributed by atoms with E-state index in [2.05, 4.69) is 15.0 Å². The Balaban J connectivity index is 1.81. The van der Waals surface area contributed by atoms with Gasteiger partial charge in [0.25, 0.3) is 0 Å². The van der Waals surface area contributed by atoms with E-state index in [1.165, 1.54) is 12.8 Å². The molecular weight excluding hydrogens is 204 g/mol. The Morgan fingerprint density at radius 2 is 2.25 bits per heavy atom. The Morgan fingerprint density at radius 3 is 2.88 bits per heavy atom. The number of hydrogen-bond acceptors (Lipinski definition) is 5. The second-order valence-electron chi connectivity index (χ2n) is 4.86. The van der Waals surface area contributed by atoms with E-state index in [1.807, 2.05) is 14.1 Å². The minimum absolute atomic E-state index is 0.196. The molecule has 1 saturated carbocycles. The maximum Gasteiger partial charge on any atom is 0.228 e. The van der Waals surface area contributed by atoms with Crippen LogP contribution < -0.4 is 5.73 Å². The summed E-state index contributed by atoms with van der Waals surface area (Å²) >= 11 is 0. The van der Waals surface area contributed by atoms with Gasteiger partial charge in [0.2, 0.25) is 5.89 Å². The normalized spacial score (nSPS) is 18.0. The molecule has 16 heavy (non-hydrogen) atoms. The van der Waals surface area contributed by atoms with E-state index in [9.17, 15) is 0 Å². The monoisotopic (exact) mass is 224 g/mol. The van der Waals surface area contributed by atoms with Gasteiger partial charge in [-0.1, -0.05) is 5.16 Å². The van der Waals surface area contributed by atoms with E-state index in [0.717, 1.165) is 25.2 Å². The Morgan fingerprint density at radius 1 is 1.50 bits per heavy atom. The van der Waals surface area contributed by atoms with E-state index < -0.39 is 0 Å². The van der Waals surface area contributed by atoms with Crippen LogP contribution in [-0.4, -0.2) is 41.7 Å². The number of nitrogens with zero attached hydrogens (tertiary/aromatic N) is 3. The van der Waals surface area contributed by atoms with Gasteiger partial charge >= 0.3 is 0 Å². The third-order valence-corrected chi connectivity index (χ3v) is 2.93.